The van der Waals surface area contributed by atoms with Crippen LogP contribution >= 0.6 is 0 Å². The second-order valence-corrected chi connectivity index (χ2v) is 15.5. The van der Waals surface area contributed by atoms with Crippen LogP contribution < -0.4 is 0 Å². The summed E-state index contributed by atoms with van der Waals surface area (Å²) in [6, 6.07) is 41.4. The van der Waals surface area contributed by atoms with Crippen LogP contribution in [-0.2, 0) is 13.1 Å². The van der Waals surface area contributed by atoms with E-state index >= 15 is 0 Å². The Morgan fingerprint density at radius 2 is 0.692 bits per heavy atom. The van der Waals surface area contributed by atoms with E-state index in [9.17, 15) is 9.59 Å². The molecule has 0 saturated carbocycles. The van der Waals surface area contributed by atoms with Crippen molar-refractivity contribution < 1.29 is 18.6 Å². The van der Waals surface area contributed by atoms with Crippen LogP contribution in [0.15, 0.2) is 121 Å². The molecule has 0 bridgehead atoms. The summed E-state index contributed by atoms with van der Waals surface area (Å²) >= 11 is 0. The highest BCUT2D eigenvalue weighted by molar-refractivity contribution is 5.94. The first-order chi connectivity index (χ1) is 25.5. The van der Waals surface area contributed by atoms with E-state index in [1.807, 2.05) is 60.7 Å². The highest BCUT2D eigenvalue weighted by Crippen LogP contribution is 2.24. The largest absolute Gasteiger partial charge is 0.327 e. The lowest BCUT2D eigenvalue weighted by Gasteiger charge is -2.45. The zero-order valence-electron chi connectivity index (χ0n) is 31.3. The molecule has 2 amide bonds. The molecular weight excluding hydrogens is 641 g/mol. The quantitative estimate of drug-likeness (QED) is 0.0820. The minimum Gasteiger partial charge on any atom is -0.327 e. The molecule has 0 atom stereocenters. The zero-order valence-corrected chi connectivity index (χ0v) is 31.3. The Morgan fingerprint density at radius 1 is 0.404 bits per heavy atom. The number of hydrogen-bond donors (Lipinski definition) is 0. The zero-order chi connectivity index (χ0) is 35.9. The molecule has 2 aliphatic heterocycles. The van der Waals surface area contributed by atoms with Gasteiger partial charge in [-0.15, -0.1) is 0 Å². The van der Waals surface area contributed by atoms with Gasteiger partial charge in [0.15, 0.2) is 0 Å². The van der Waals surface area contributed by atoms with Crippen molar-refractivity contribution >= 4 is 11.8 Å². The van der Waals surface area contributed by atoms with Gasteiger partial charge in [0.25, 0.3) is 11.8 Å². The number of carbonyl (C=O) groups is 2. The Kier molecular flexibility index (Phi) is 13.7. The van der Waals surface area contributed by atoms with Crippen molar-refractivity contribution in [2.45, 2.75) is 64.5 Å². The molecule has 4 aromatic carbocycles. The monoisotopic (exact) mass is 700 g/mol. The third-order valence-electron chi connectivity index (χ3n) is 11.7. The van der Waals surface area contributed by atoms with E-state index in [0.717, 1.165) is 85.5 Å². The fraction of sp³-hybridized carbons (Fsp3) is 0.435. The minimum absolute atomic E-state index is 0.170. The van der Waals surface area contributed by atoms with E-state index in [1.54, 1.807) is 0 Å². The molecule has 6 rings (SSSR count). The van der Waals surface area contributed by atoms with Crippen molar-refractivity contribution in [2.24, 2.45) is 0 Å². The van der Waals surface area contributed by atoms with E-state index in [0.29, 0.717) is 0 Å². The standard InChI is InChI=1S/C46H60N4O2/c51-45(43-25-15-9-16-26-43)47-29-35-49(36-30-47,39-41-21-11-7-12-22-41)33-19-5-3-1-2-4-6-20-34-50(40-42-23-13-8-14-24-42)37-31-48(32-38-50)46(52)44-27-17-10-18-28-44/h7-18,21-28H,1-6,19-20,29-40H2/q+2. The van der Waals surface area contributed by atoms with Gasteiger partial charge in [0, 0.05) is 22.3 Å². The normalized spacial score (nSPS) is 16.8. The number of hydrogen-bond acceptors (Lipinski definition) is 2. The van der Waals surface area contributed by atoms with Crippen LogP contribution in [0.2, 0.25) is 0 Å². The molecule has 6 heteroatoms. The van der Waals surface area contributed by atoms with Crippen LogP contribution in [0.5, 0.6) is 0 Å². The maximum atomic E-state index is 13.2. The van der Waals surface area contributed by atoms with Crippen molar-refractivity contribution in [2.75, 3.05) is 65.4 Å². The summed E-state index contributed by atoms with van der Waals surface area (Å²) in [6.45, 7) is 11.9. The van der Waals surface area contributed by atoms with Gasteiger partial charge in [-0.3, -0.25) is 9.59 Å². The highest BCUT2D eigenvalue weighted by atomic mass is 16.2. The first-order valence-electron chi connectivity index (χ1n) is 20.0. The molecule has 6 nitrogen and oxygen atoms in total. The van der Waals surface area contributed by atoms with Crippen molar-refractivity contribution in [1.82, 2.24) is 9.80 Å². The summed E-state index contributed by atoms with van der Waals surface area (Å²) in [6.07, 6.45) is 10.3. The number of quaternary nitrogens is 2. The van der Waals surface area contributed by atoms with Gasteiger partial charge < -0.3 is 18.8 Å². The molecule has 2 aliphatic rings. The Balaban J connectivity index is 0.909. The molecule has 0 radical (unpaired) electrons. The van der Waals surface area contributed by atoms with Crippen LogP contribution in [0.3, 0.4) is 0 Å². The lowest BCUT2D eigenvalue weighted by molar-refractivity contribution is -0.944. The molecule has 2 saturated heterocycles. The fourth-order valence-corrected chi connectivity index (χ4v) is 8.53. The van der Waals surface area contributed by atoms with Crippen molar-refractivity contribution in [1.29, 1.82) is 0 Å². The topological polar surface area (TPSA) is 40.6 Å². The van der Waals surface area contributed by atoms with Crippen LogP contribution in [-0.4, -0.2) is 96.0 Å². The molecular formula is C46H60N4O2+2. The van der Waals surface area contributed by atoms with Crippen LogP contribution in [0, 0.1) is 0 Å². The SMILES string of the molecule is O=C(c1ccccc1)N1CC[N+](CCCCCCCCCC[N+]2(Cc3ccccc3)CCN(C(=O)c3ccccc3)CC2)(Cc2ccccc2)CC1. The Morgan fingerprint density at radius 3 is 1.02 bits per heavy atom. The average molecular weight is 701 g/mol. The second-order valence-electron chi connectivity index (χ2n) is 15.5. The van der Waals surface area contributed by atoms with Gasteiger partial charge in [-0.25, -0.2) is 0 Å². The molecule has 52 heavy (non-hydrogen) atoms. The molecule has 274 valence electrons. The summed E-state index contributed by atoms with van der Waals surface area (Å²) in [5, 5.41) is 0. The molecule has 0 aliphatic carbocycles. The maximum Gasteiger partial charge on any atom is 0.254 e. The van der Waals surface area contributed by atoms with E-state index in [4.69, 9.17) is 0 Å². The van der Waals surface area contributed by atoms with Gasteiger partial charge in [0.2, 0.25) is 0 Å². The number of amides is 2. The first kappa shape index (κ1) is 37.5. The van der Waals surface area contributed by atoms with Crippen molar-refractivity contribution in [3.63, 3.8) is 0 Å². The summed E-state index contributed by atoms with van der Waals surface area (Å²) in [5.41, 5.74) is 4.41. The third-order valence-corrected chi connectivity index (χ3v) is 11.7. The Hall–Kier alpha value is -4.26. The maximum absolute atomic E-state index is 13.2. The Labute approximate surface area is 312 Å². The summed E-state index contributed by atoms with van der Waals surface area (Å²) < 4.78 is 2.17. The third kappa shape index (κ3) is 10.6. The molecule has 0 N–H and O–H groups in total. The molecule has 4 aromatic rings. The van der Waals surface area contributed by atoms with Gasteiger partial charge in [0.1, 0.15) is 13.1 Å². The lowest BCUT2D eigenvalue weighted by atomic mass is 10.0. The second kappa shape index (κ2) is 19.0. The Bertz CT molecular complexity index is 1510. The predicted molar refractivity (Wildman–Crippen MR) is 212 cm³/mol. The highest BCUT2D eigenvalue weighted by Gasteiger charge is 2.36. The molecule has 0 spiro atoms. The van der Waals surface area contributed by atoms with Gasteiger partial charge in [-0.2, -0.15) is 0 Å². The molecule has 0 unspecified atom stereocenters. The number of rotatable bonds is 17. The summed E-state index contributed by atoms with van der Waals surface area (Å²) in [4.78, 5) is 30.4. The lowest BCUT2D eigenvalue weighted by Crippen LogP contribution is -2.60. The van der Waals surface area contributed by atoms with E-state index in [-0.39, 0.29) is 11.8 Å². The first-order valence-corrected chi connectivity index (χ1v) is 20.0. The van der Waals surface area contributed by atoms with E-state index < -0.39 is 0 Å². The number of nitrogens with zero attached hydrogens (tertiary/aromatic N) is 4. The van der Waals surface area contributed by atoms with Crippen LogP contribution in [0.1, 0.15) is 83.2 Å². The van der Waals surface area contributed by atoms with Gasteiger partial charge >= 0.3 is 0 Å². The summed E-state index contributed by atoms with van der Waals surface area (Å²) in [5.74, 6) is 0.341. The number of benzene rings is 4. The van der Waals surface area contributed by atoms with E-state index in [2.05, 4.69) is 70.5 Å². The number of unbranched alkanes of at least 4 members (excludes halogenated alkanes) is 7. The minimum atomic E-state index is 0.170. The molecule has 2 fully saturated rings. The summed E-state index contributed by atoms with van der Waals surface area (Å²) in [7, 11) is 0. The van der Waals surface area contributed by atoms with E-state index in [1.165, 1.54) is 75.6 Å². The van der Waals surface area contributed by atoms with Gasteiger partial charge in [0.05, 0.1) is 65.4 Å². The van der Waals surface area contributed by atoms with Gasteiger partial charge in [-0.05, 0) is 49.9 Å². The fourth-order valence-electron chi connectivity index (χ4n) is 8.53. The van der Waals surface area contributed by atoms with Gasteiger partial charge in [-0.1, -0.05) is 123 Å². The molecule has 2 heterocycles. The average Bonchev–Trinajstić information content (AvgIpc) is 3.20. The van der Waals surface area contributed by atoms with Crippen molar-refractivity contribution in [3.8, 4) is 0 Å². The smallest absolute Gasteiger partial charge is 0.254 e. The van der Waals surface area contributed by atoms with Crippen LogP contribution in [0.25, 0.3) is 0 Å². The molecule has 0 aromatic heterocycles. The van der Waals surface area contributed by atoms with Crippen LogP contribution in [0.4, 0.5) is 0 Å². The predicted octanol–water partition coefficient (Wildman–Crippen LogP) is 8.45. The number of piperazine rings is 2. The number of carbonyl (C=O) groups excluding carboxylic acids is 2. The van der Waals surface area contributed by atoms with Crippen molar-refractivity contribution in [3.05, 3.63) is 144 Å².